The molecule has 138 valence electrons. The second kappa shape index (κ2) is 8.37. The maximum Gasteiger partial charge on any atom is 0.309 e. The highest BCUT2D eigenvalue weighted by Gasteiger charge is 2.36. The number of para-hydroxylation sites is 2. The van der Waals surface area contributed by atoms with Crippen molar-refractivity contribution in [1.82, 2.24) is 4.90 Å². The largest absolute Gasteiger partial charge is 0.425 e. The Morgan fingerprint density at radius 3 is 2.70 bits per heavy atom. The number of amides is 1. The van der Waals surface area contributed by atoms with E-state index in [-0.39, 0.29) is 17.8 Å². The van der Waals surface area contributed by atoms with E-state index in [1.54, 1.807) is 17.0 Å². The number of amidine groups is 1. The summed E-state index contributed by atoms with van der Waals surface area (Å²) in [5.74, 6) is 0.478. The number of hydrogen-bond donors (Lipinski definition) is 1. The Morgan fingerprint density at radius 1 is 1.30 bits per heavy atom. The number of hydrogen-bond acceptors (Lipinski definition) is 4. The lowest BCUT2D eigenvalue weighted by molar-refractivity contribution is -0.121. The van der Waals surface area contributed by atoms with Gasteiger partial charge in [0.25, 0.3) is 0 Å². The monoisotopic (exact) mass is 362 g/mol. The smallest absolute Gasteiger partial charge is 0.309 e. The first-order chi connectivity index (χ1) is 13.1. The normalized spacial score (nSPS) is 18.0. The van der Waals surface area contributed by atoms with Gasteiger partial charge in [0.2, 0.25) is 12.1 Å². The zero-order valence-corrected chi connectivity index (χ0v) is 15.4. The Kier molecular flexibility index (Phi) is 5.72. The van der Waals surface area contributed by atoms with Gasteiger partial charge in [-0.2, -0.15) is 5.26 Å². The van der Waals surface area contributed by atoms with E-state index in [1.165, 1.54) is 0 Å². The van der Waals surface area contributed by atoms with Crippen molar-refractivity contribution in [3.63, 3.8) is 0 Å². The maximum atomic E-state index is 13.0. The van der Waals surface area contributed by atoms with Crippen LogP contribution in [0.3, 0.4) is 0 Å². The predicted molar refractivity (Wildman–Crippen MR) is 104 cm³/mol. The van der Waals surface area contributed by atoms with Gasteiger partial charge in [0.05, 0.1) is 6.54 Å². The van der Waals surface area contributed by atoms with E-state index in [0.717, 1.165) is 17.7 Å². The average Bonchev–Trinajstić information content (AvgIpc) is 2.83. The Morgan fingerprint density at radius 2 is 2.00 bits per heavy atom. The highest BCUT2D eigenvalue weighted by Crippen LogP contribution is 2.28. The molecule has 27 heavy (non-hydrogen) atoms. The van der Waals surface area contributed by atoms with Gasteiger partial charge in [0, 0.05) is 5.69 Å². The lowest BCUT2D eigenvalue weighted by Crippen LogP contribution is -2.50. The van der Waals surface area contributed by atoms with E-state index >= 15 is 0 Å². The fourth-order valence-electron chi connectivity index (χ4n) is 3.17. The van der Waals surface area contributed by atoms with E-state index in [1.807, 2.05) is 62.5 Å². The first-order valence-corrected chi connectivity index (χ1v) is 8.99. The van der Waals surface area contributed by atoms with Crippen LogP contribution in [0, 0.1) is 17.4 Å². The molecule has 0 bridgehead atoms. The molecule has 0 aromatic heterocycles. The van der Waals surface area contributed by atoms with Gasteiger partial charge in [-0.3, -0.25) is 4.79 Å². The van der Waals surface area contributed by atoms with Crippen molar-refractivity contribution in [1.29, 1.82) is 5.26 Å². The maximum absolute atomic E-state index is 13.0. The molecule has 0 aliphatic carbocycles. The third-order valence-electron chi connectivity index (χ3n) is 4.75. The second-order valence-electron chi connectivity index (χ2n) is 6.51. The van der Waals surface area contributed by atoms with Crippen LogP contribution in [0.2, 0.25) is 0 Å². The predicted octanol–water partition coefficient (Wildman–Crippen LogP) is 3.77. The van der Waals surface area contributed by atoms with E-state index in [4.69, 9.17) is 4.74 Å². The van der Waals surface area contributed by atoms with Crippen molar-refractivity contribution in [3.05, 3.63) is 60.2 Å². The summed E-state index contributed by atoms with van der Waals surface area (Å²) < 4.78 is 5.91. The van der Waals surface area contributed by atoms with Gasteiger partial charge in [-0.05, 0) is 29.7 Å². The SMILES string of the molecule is CC[C@H](C)[C@H]1C(=O)Nc2ccccc2CN1/C(=N/C#N)Oc1ccccc1. The minimum absolute atomic E-state index is 0.0441. The summed E-state index contributed by atoms with van der Waals surface area (Å²) in [6, 6.07) is 16.4. The van der Waals surface area contributed by atoms with Crippen molar-refractivity contribution in [2.45, 2.75) is 32.9 Å². The van der Waals surface area contributed by atoms with Crippen molar-refractivity contribution >= 4 is 17.6 Å². The number of nitrogens with zero attached hydrogens (tertiary/aromatic N) is 3. The molecule has 2 aromatic carbocycles. The molecule has 1 N–H and O–H groups in total. The average molecular weight is 362 g/mol. The van der Waals surface area contributed by atoms with Crippen LogP contribution in [0.25, 0.3) is 0 Å². The summed E-state index contributed by atoms with van der Waals surface area (Å²) in [5.41, 5.74) is 1.72. The number of ether oxygens (including phenoxy) is 1. The molecule has 0 saturated heterocycles. The molecule has 1 amide bonds. The molecule has 2 atom stereocenters. The van der Waals surface area contributed by atoms with Crippen LogP contribution in [0.15, 0.2) is 59.6 Å². The number of anilines is 1. The zero-order valence-electron chi connectivity index (χ0n) is 15.4. The number of nitriles is 1. The second-order valence-corrected chi connectivity index (χ2v) is 6.51. The van der Waals surface area contributed by atoms with E-state index in [0.29, 0.717) is 12.3 Å². The van der Waals surface area contributed by atoms with Crippen molar-refractivity contribution < 1.29 is 9.53 Å². The fourth-order valence-corrected chi connectivity index (χ4v) is 3.17. The van der Waals surface area contributed by atoms with Crippen molar-refractivity contribution in [2.75, 3.05) is 5.32 Å². The number of rotatable bonds is 3. The number of carbonyl (C=O) groups is 1. The molecule has 3 rings (SSSR count). The first kappa shape index (κ1) is 18.5. The Bertz CT molecular complexity index is 873. The van der Waals surface area contributed by atoms with Crippen LogP contribution >= 0.6 is 0 Å². The van der Waals surface area contributed by atoms with Gasteiger partial charge in [-0.15, -0.1) is 4.99 Å². The molecule has 0 spiro atoms. The summed E-state index contributed by atoms with van der Waals surface area (Å²) in [6.07, 6.45) is 2.61. The summed E-state index contributed by atoms with van der Waals surface area (Å²) in [6.45, 7) is 4.46. The molecule has 2 aromatic rings. The number of benzene rings is 2. The first-order valence-electron chi connectivity index (χ1n) is 8.99. The molecule has 1 aliphatic heterocycles. The summed E-state index contributed by atoms with van der Waals surface area (Å²) >= 11 is 0. The lowest BCUT2D eigenvalue weighted by Gasteiger charge is -2.33. The van der Waals surface area contributed by atoms with Crippen LogP contribution < -0.4 is 10.1 Å². The zero-order chi connectivity index (χ0) is 19.2. The molecular formula is C21H22N4O2. The van der Waals surface area contributed by atoms with Crippen LogP contribution in [-0.2, 0) is 11.3 Å². The number of carbonyl (C=O) groups excluding carboxylic acids is 1. The Balaban J connectivity index is 2.04. The highest BCUT2D eigenvalue weighted by atomic mass is 16.5. The molecule has 1 heterocycles. The minimum atomic E-state index is -0.502. The van der Waals surface area contributed by atoms with E-state index in [2.05, 4.69) is 10.3 Å². The number of fused-ring (bicyclic) bond motifs is 1. The standard InChI is InChI=1S/C21H22N4O2/c1-3-15(2)19-20(26)24-18-12-8-7-9-16(18)13-25(19)21(23-14-22)27-17-10-5-4-6-11-17/h4-12,15,19H,3,13H2,1-2H3,(H,24,26)/b23-21-/t15-,19-/m0/s1. The summed E-state index contributed by atoms with van der Waals surface area (Å²) in [4.78, 5) is 18.7. The molecule has 6 nitrogen and oxygen atoms in total. The summed E-state index contributed by atoms with van der Waals surface area (Å²) in [5, 5.41) is 12.2. The van der Waals surface area contributed by atoms with Crippen LogP contribution in [0.4, 0.5) is 5.69 Å². The summed E-state index contributed by atoms with van der Waals surface area (Å²) in [7, 11) is 0. The van der Waals surface area contributed by atoms with Gasteiger partial charge in [-0.25, -0.2) is 0 Å². The van der Waals surface area contributed by atoms with Gasteiger partial charge in [-0.1, -0.05) is 56.7 Å². The van der Waals surface area contributed by atoms with E-state index in [9.17, 15) is 10.1 Å². The van der Waals surface area contributed by atoms with Gasteiger partial charge in [0.1, 0.15) is 11.8 Å². The van der Waals surface area contributed by atoms with Gasteiger partial charge >= 0.3 is 6.02 Å². The van der Waals surface area contributed by atoms with Crippen molar-refractivity contribution in [2.24, 2.45) is 10.9 Å². The minimum Gasteiger partial charge on any atom is -0.425 e. The highest BCUT2D eigenvalue weighted by molar-refractivity contribution is 5.99. The molecule has 0 saturated carbocycles. The number of nitrogens with one attached hydrogen (secondary N) is 1. The van der Waals surface area contributed by atoms with Crippen LogP contribution in [0.5, 0.6) is 5.75 Å². The fraction of sp³-hybridized carbons (Fsp3) is 0.286. The Hall–Kier alpha value is -3.33. The van der Waals surface area contributed by atoms with Crippen LogP contribution in [-0.4, -0.2) is 22.9 Å². The molecule has 0 unspecified atom stereocenters. The Labute approximate surface area is 159 Å². The molecule has 0 radical (unpaired) electrons. The third-order valence-corrected chi connectivity index (χ3v) is 4.75. The topological polar surface area (TPSA) is 77.7 Å². The molecule has 1 aliphatic rings. The third kappa shape index (κ3) is 4.09. The molecular weight excluding hydrogens is 340 g/mol. The molecule has 6 heteroatoms. The number of aliphatic imine (C=N–C) groups is 1. The van der Waals surface area contributed by atoms with Gasteiger partial charge < -0.3 is 15.0 Å². The van der Waals surface area contributed by atoms with Crippen molar-refractivity contribution in [3.8, 4) is 11.9 Å². The quantitative estimate of drug-likeness (QED) is 0.512. The van der Waals surface area contributed by atoms with Crippen LogP contribution in [0.1, 0.15) is 25.8 Å². The van der Waals surface area contributed by atoms with Gasteiger partial charge in [0.15, 0.2) is 0 Å². The lowest BCUT2D eigenvalue weighted by atomic mass is 9.97. The molecule has 0 fully saturated rings. The van der Waals surface area contributed by atoms with E-state index < -0.39 is 6.04 Å².